The molecule has 7 nitrogen and oxygen atoms in total. The van der Waals surface area contributed by atoms with Crippen molar-refractivity contribution in [1.29, 1.82) is 0 Å². The van der Waals surface area contributed by atoms with Crippen molar-refractivity contribution >= 4 is 17.0 Å². The number of fused-ring (bicyclic) bond motifs is 1. The number of ether oxygens (including phenoxy) is 3. The zero-order valence-corrected chi connectivity index (χ0v) is 23.7. The average molecular weight is 566 g/mol. The zero-order chi connectivity index (χ0) is 29.1. The Balaban J connectivity index is 1.22. The van der Waals surface area contributed by atoms with Crippen molar-refractivity contribution in [2.75, 3.05) is 20.8 Å². The van der Waals surface area contributed by atoms with E-state index in [2.05, 4.69) is 23.2 Å². The summed E-state index contributed by atoms with van der Waals surface area (Å²) in [6, 6.07) is 24.3. The lowest BCUT2D eigenvalue weighted by Crippen LogP contribution is -2.10. The zero-order valence-electron chi connectivity index (χ0n) is 23.7. The summed E-state index contributed by atoms with van der Waals surface area (Å²) in [5.41, 5.74) is 6.24. The summed E-state index contributed by atoms with van der Waals surface area (Å²) >= 11 is 0. The largest absolute Gasteiger partial charge is 0.473 e. The van der Waals surface area contributed by atoms with Gasteiger partial charge in [-0.1, -0.05) is 42.5 Å². The Morgan fingerprint density at radius 2 is 1.81 bits per heavy atom. The van der Waals surface area contributed by atoms with Crippen LogP contribution >= 0.6 is 0 Å². The quantitative estimate of drug-likeness (QED) is 0.166. The third-order valence-electron chi connectivity index (χ3n) is 7.64. The summed E-state index contributed by atoms with van der Waals surface area (Å²) in [6.45, 7) is 1.40. The number of aromatic nitrogens is 3. The number of hydrogen-bond acceptors (Lipinski definition) is 6. The summed E-state index contributed by atoms with van der Waals surface area (Å²) < 4.78 is 33.7. The molecule has 8 heteroatoms. The molecule has 2 aromatic heterocycles. The first-order valence-electron chi connectivity index (χ1n) is 14.1. The van der Waals surface area contributed by atoms with Gasteiger partial charge in [-0.2, -0.15) is 0 Å². The molecule has 6 rings (SSSR count). The molecule has 1 aliphatic rings. The van der Waals surface area contributed by atoms with Gasteiger partial charge in [0.25, 0.3) is 0 Å². The highest BCUT2D eigenvalue weighted by molar-refractivity contribution is 5.93. The molecule has 0 N–H and O–H groups in total. The molecule has 0 atom stereocenters. The lowest BCUT2D eigenvalue weighted by molar-refractivity contribution is 0.0601. The third kappa shape index (κ3) is 5.90. The number of halogens is 1. The Morgan fingerprint density at radius 1 is 0.952 bits per heavy atom. The second-order valence-electron chi connectivity index (χ2n) is 10.5. The van der Waals surface area contributed by atoms with Crippen LogP contribution in [0.4, 0.5) is 4.39 Å². The third-order valence-corrected chi connectivity index (χ3v) is 7.64. The number of carbonyl (C=O) groups is 1. The first-order chi connectivity index (χ1) is 20.5. The van der Waals surface area contributed by atoms with Crippen molar-refractivity contribution < 1.29 is 23.4 Å². The maximum Gasteiger partial charge on any atom is 0.337 e. The number of rotatable bonds is 11. The number of pyridine rings is 1. The van der Waals surface area contributed by atoms with Gasteiger partial charge in [0.15, 0.2) is 0 Å². The van der Waals surface area contributed by atoms with Crippen molar-refractivity contribution in [3.63, 3.8) is 0 Å². The minimum Gasteiger partial charge on any atom is -0.473 e. The number of esters is 1. The Labute approximate surface area is 243 Å². The number of carbonyl (C=O) groups excluding carboxylic acids is 1. The number of benzene rings is 3. The molecule has 0 radical (unpaired) electrons. The maximum atomic E-state index is 15.5. The van der Waals surface area contributed by atoms with Crippen LogP contribution in [0.15, 0.2) is 78.9 Å². The van der Waals surface area contributed by atoms with E-state index in [4.69, 9.17) is 19.2 Å². The Kier molecular flexibility index (Phi) is 7.97. The van der Waals surface area contributed by atoms with Crippen LogP contribution in [-0.2, 0) is 29.0 Å². The lowest BCUT2D eigenvalue weighted by atomic mass is 10.0. The fourth-order valence-electron chi connectivity index (χ4n) is 5.27. The van der Waals surface area contributed by atoms with E-state index >= 15 is 4.39 Å². The van der Waals surface area contributed by atoms with E-state index in [1.54, 1.807) is 31.4 Å². The van der Waals surface area contributed by atoms with Crippen LogP contribution in [0.2, 0.25) is 0 Å². The molecule has 0 unspecified atom stereocenters. The standard InChI is InChI=1S/C34H32FN3O4/c1-40-17-16-38-31-19-25(34(39)41-2)14-15-30(31)36-32(38)20-23-12-13-24(18-28(23)35)29-8-5-9-33(37-29)42-21-26-6-3-4-7-27(26)22-10-11-22/h3-9,12-15,18-19,22H,10-11,16-17,20-21H2,1-2H3. The van der Waals surface area contributed by atoms with Gasteiger partial charge in [-0.3, -0.25) is 0 Å². The van der Waals surface area contributed by atoms with E-state index in [1.165, 1.54) is 37.1 Å². The molecule has 3 aromatic carbocycles. The van der Waals surface area contributed by atoms with Gasteiger partial charge in [0, 0.05) is 31.7 Å². The minimum absolute atomic E-state index is 0.273. The van der Waals surface area contributed by atoms with E-state index in [0.29, 0.717) is 65.3 Å². The van der Waals surface area contributed by atoms with Gasteiger partial charge < -0.3 is 18.8 Å². The van der Waals surface area contributed by atoms with Gasteiger partial charge in [-0.25, -0.2) is 19.2 Å². The highest BCUT2D eigenvalue weighted by Crippen LogP contribution is 2.41. The predicted molar refractivity (Wildman–Crippen MR) is 158 cm³/mol. The van der Waals surface area contributed by atoms with Crippen LogP contribution < -0.4 is 4.74 Å². The molecule has 1 saturated carbocycles. The second-order valence-corrected chi connectivity index (χ2v) is 10.5. The SMILES string of the molecule is COCCn1c(Cc2ccc(-c3cccc(OCc4ccccc4C4CC4)n3)cc2F)nc2ccc(C(=O)OC)cc21. The summed E-state index contributed by atoms with van der Waals surface area (Å²) in [4.78, 5) is 21.5. The molecule has 214 valence electrons. The van der Waals surface area contributed by atoms with E-state index in [-0.39, 0.29) is 12.2 Å². The van der Waals surface area contributed by atoms with E-state index in [1.807, 2.05) is 34.9 Å². The normalized spacial score (nSPS) is 12.9. The predicted octanol–water partition coefficient (Wildman–Crippen LogP) is 6.72. The number of imidazole rings is 1. The Bertz CT molecular complexity index is 1740. The molecule has 2 heterocycles. The van der Waals surface area contributed by atoms with Gasteiger partial charge >= 0.3 is 5.97 Å². The van der Waals surface area contributed by atoms with Crippen molar-refractivity contribution in [2.24, 2.45) is 0 Å². The highest BCUT2D eigenvalue weighted by Gasteiger charge is 2.25. The molecule has 0 spiro atoms. The first kappa shape index (κ1) is 27.6. The summed E-state index contributed by atoms with van der Waals surface area (Å²) in [7, 11) is 2.97. The van der Waals surface area contributed by atoms with Crippen LogP contribution in [-0.4, -0.2) is 41.3 Å². The van der Waals surface area contributed by atoms with Crippen LogP contribution in [0.25, 0.3) is 22.3 Å². The first-order valence-corrected chi connectivity index (χ1v) is 14.1. The molecular weight excluding hydrogens is 533 g/mol. The minimum atomic E-state index is -0.425. The van der Waals surface area contributed by atoms with Gasteiger partial charge in [0.1, 0.15) is 18.2 Å². The summed E-state index contributed by atoms with van der Waals surface area (Å²) in [5, 5.41) is 0. The van der Waals surface area contributed by atoms with E-state index in [0.717, 1.165) is 5.52 Å². The molecule has 42 heavy (non-hydrogen) atoms. The molecule has 0 amide bonds. The lowest BCUT2D eigenvalue weighted by Gasteiger charge is -2.12. The Morgan fingerprint density at radius 3 is 2.60 bits per heavy atom. The van der Waals surface area contributed by atoms with Gasteiger partial charge in [0.2, 0.25) is 5.88 Å². The molecule has 0 aliphatic heterocycles. The topological polar surface area (TPSA) is 75.5 Å². The van der Waals surface area contributed by atoms with E-state index < -0.39 is 5.97 Å². The van der Waals surface area contributed by atoms with Crippen molar-refractivity contribution in [3.05, 3.63) is 113 Å². The molecule has 1 fully saturated rings. The van der Waals surface area contributed by atoms with Gasteiger partial charge in [0.05, 0.1) is 36.0 Å². The summed E-state index contributed by atoms with van der Waals surface area (Å²) in [6.07, 6.45) is 2.73. The second kappa shape index (κ2) is 12.1. The van der Waals surface area contributed by atoms with E-state index in [9.17, 15) is 4.79 Å². The smallest absolute Gasteiger partial charge is 0.337 e. The molecule has 5 aromatic rings. The number of methoxy groups -OCH3 is 2. The molecule has 0 saturated heterocycles. The van der Waals surface area contributed by atoms with Crippen molar-refractivity contribution in [2.45, 2.75) is 38.3 Å². The van der Waals surface area contributed by atoms with Gasteiger partial charge in [-0.15, -0.1) is 0 Å². The Hall–Kier alpha value is -4.56. The molecule has 0 bridgehead atoms. The molecular formula is C34H32FN3O4. The van der Waals surface area contributed by atoms with Crippen LogP contribution in [0.1, 0.15) is 51.6 Å². The monoisotopic (exact) mass is 565 g/mol. The van der Waals surface area contributed by atoms with Crippen molar-refractivity contribution in [1.82, 2.24) is 14.5 Å². The van der Waals surface area contributed by atoms with Crippen LogP contribution in [0.5, 0.6) is 5.88 Å². The van der Waals surface area contributed by atoms with Gasteiger partial charge in [-0.05, 0) is 65.8 Å². The van der Waals surface area contributed by atoms with Crippen molar-refractivity contribution in [3.8, 4) is 17.1 Å². The molecule has 1 aliphatic carbocycles. The summed E-state index contributed by atoms with van der Waals surface area (Å²) in [5.74, 6) is 1.04. The number of nitrogens with zero attached hydrogens (tertiary/aromatic N) is 3. The highest BCUT2D eigenvalue weighted by atomic mass is 19.1. The fraction of sp³-hybridized carbons (Fsp3) is 0.265. The van der Waals surface area contributed by atoms with Crippen LogP contribution in [0.3, 0.4) is 0 Å². The maximum absolute atomic E-state index is 15.5. The van der Waals surface area contributed by atoms with Crippen LogP contribution in [0, 0.1) is 5.82 Å². The fourth-order valence-corrected chi connectivity index (χ4v) is 5.27. The average Bonchev–Trinajstić information content (AvgIpc) is 3.81. The number of hydrogen-bond donors (Lipinski definition) is 0.